The summed E-state index contributed by atoms with van der Waals surface area (Å²) in [6.45, 7) is 2.64. The maximum atomic E-state index is 13.2. The Hall–Kier alpha value is -0.900. The standard InChI is InChI=1S/C13H13ClFNS/c1-9(11-5-6-17-8-11)16-7-10-3-2-4-12(15)13(10)14/h2-6,8-9,16H,7H2,1H3. The van der Waals surface area contributed by atoms with Crippen molar-refractivity contribution in [2.45, 2.75) is 19.5 Å². The van der Waals surface area contributed by atoms with Gasteiger partial charge in [0.15, 0.2) is 0 Å². The normalized spacial score (nSPS) is 12.6. The molecule has 0 fully saturated rings. The van der Waals surface area contributed by atoms with Crippen molar-refractivity contribution >= 4 is 22.9 Å². The summed E-state index contributed by atoms with van der Waals surface area (Å²) in [6.07, 6.45) is 0. The summed E-state index contributed by atoms with van der Waals surface area (Å²) in [7, 11) is 0. The summed E-state index contributed by atoms with van der Waals surface area (Å²) in [6, 6.07) is 7.19. The van der Waals surface area contributed by atoms with Gasteiger partial charge in [0.2, 0.25) is 0 Å². The minimum Gasteiger partial charge on any atom is -0.306 e. The topological polar surface area (TPSA) is 12.0 Å². The molecule has 1 heterocycles. The van der Waals surface area contributed by atoms with Crippen LogP contribution in [0.5, 0.6) is 0 Å². The van der Waals surface area contributed by atoms with Crippen LogP contribution in [0.4, 0.5) is 4.39 Å². The number of rotatable bonds is 4. The fraction of sp³-hybridized carbons (Fsp3) is 0.231. The van der Waals surface area contributed by atoms with Crippen LogP contribution in [0.25, 0.3) is 0 Å². The van der Waals surface area contributed by atoms with Crippen LogP contribution in [0.1, 0.15) is 24.1 Å². The van der Waals surface area contributed by atoms with E-state index in [0.29, 0.717) is 6.54 Å². The first-order valence-electron chi connectivity index (χ1n) is 5.37. The number of benzene rings is 1. The van der Waals surface area contributed by atoms with E-state index in [1.54, 1.807) is 17.4 Å². The quantitative estimate of drug-likeness (QED) is 0.868. The molecule has 1 aromatic carbocycles. The maximum absolute atomic E-state index is 13.2. The van der Waals surface area contributed by atoms with E-state index in [0.717, 1.165) is 5.56 Å². The molecule has 0 amide bonds. The Labute approximate surface area is 109 Å². The first kappa shape index (κ1) is 12.6. The van der Waals surface area contributed by atoms with Crippen molar-refractivity contribution in [3.8, 4) is 0 Å². The Morgan fingerprint density at radius 2 is 2.24 bits per heavy atom. The lowest BCUT2D eigenvalue weighted by atomic mass is 10.1. The fourth-order valence-electron chi connectivity index (χ4n) is 1.59. The minimum absolute atomic E-state index is 0.206. The molecule has 0 spiro atoms. The van der Waals surface area contributed by atoms with Gasteiger partial charge >= 0.3 is 0 Å². The SMILES string of the molecule is CC(NCc1cccc(F)c1Cl)c1ccsc1. The molecule has 1 nitrogen and oxygen atoms in total. The van der Waals surface area contributed by atoms with Crippen LogP contribution in [0, 0.1) is 5.82 Å². The van der Waals surface area contributed by atoms with Crippen LogP contribution < -0.4 is 5.32 Å². The fourth-order valence-corrected chi connectivity index (χ4v) is 2.53. The van der Waals surface area contributed by atoms with E-state index in [-0.39, 0.29) is 16.9 Å². The summed E-state index contributed by atoms with van der Waals surface area (Å²) in [5.74, 6) is -0.367. The third kappa shape index (κ3) is 3.06. The summed E-state index contributed by atoms with van der Waals surface area (Å²) in [5.41, 5.74) is 2.02. The lowest BCUT2D eigenvalue weighted by Crippen LogP contribution is -2.17. The van der Waals surface area contributed by atoms with Crippen molar-refractivity contribution in [2.24, 2.45) is 0 Å². The molecule has 0 aliphatic rings. The van der Waals surface area contributed by atoms with Crippen LogP contribution in [-0.4, -0.2) is 0 Å². The molecule has 1 unspecified atom stereocenters. The molecular weight excluding hydrogens is 257 g/mol. The molecule has 0 bridgehead atoms. The second kappa shape index (κ2) is 5.63. The third-order valence-corrected chi connectivity index (χ3v) is 3.80. The molecule has 1 N–H and O–H groups in total. The largest absolute Gasteiger partial charge is 0.306 e. The zero-order valence-corrected chi connectivity index (χ0v) is 11.0. The van der Waals surface area contributed by atoms with Crippen molar-refractivity contribution in [3.63, 3.8) is 0 Å². The summed E-state index contributed by atoms with van der Waals surface area (Å²) in [4.78, 5) is 0. The second-order valence-electron chi connectivity index (χ2n) is 3.87. The Kier molecular flexibility index (Phi) is 4.15. The van der Waals surface area contributed by atoms with Crippen LogP contribution in [-0.2, 0) is 6.54 Å². The van der Waals surface area contributed by atoms with Crippen LogP contribution in [0.15, 0.2) is 35.0 Å². The van der Waals surface area contributed by atoms with E-state index in [4.69, 9.17) is 11.6 Å². The van der Waals surface area contributed by atoms with E-state index in [1.165, 1.54) is 11.6 Å². The zero-order chi connectivity index (χ0) is 12.3. The van der Waals surface area contributed by atoms with E-state index >= 15 is 0 Å². The van der Waals surface area contributed by atoms with Crippen molar-refractivity contribution in [1.29, 1.82) is 0 Å². The van der Waals surface area contributed by atoms with Gasteiger partial charge in [0.25, 0.3) is 0 Å². The van der Waals surface area contributed by atoms with Gasteiger partial charge < -0.3 is 5.32 Å². The highest BCUT2D eigenvalue weighted by molar-refractivity contribution is 7.07. The van der Waals surface area contributed by atoms with Gasteiger partial charge in [-0.15, -0.1) is 0 Å². The minimum atomic E-state index is -0.367. The van der Waals surface area contributed by atoms with Crippen molar-refractivity contribution in [2.75, 3.05) is 0 Å². The monoisotopic (exact) mass is 269 g/mol. The van der Waals surface area contributed by atoms with Crippen LogP contribution in [0.3, 0.4) is 0 Å². The predicted molar refractivity (Wildman–Crippen MR) is 71.0 cm³/mol. The number of nitrogens with one attached hydrogen (secondary N) is 1. The van der Waals surface area contributed by atoms with Gasteiger partial charge in [0, 0.05) is 12.6 Å². The predicted octanol–water partition coefficient (Wildman–Crippen LogP) is 4.39. The van der Waals surface area contributed by atoms with Gasteiger partial charge in [0.05, 0.1) is 5.02 Å². The Morgan fingerprint density at radius 1 is 1.41 bits per heavy atom. The smallest absolute Gasteiger partial charge is 0.142 e. The summed E-state index contributed by atoms with van der Waals surface area (Å²) in [5, 5.41) is 7.68. The molecular formula is C13H13ClFNS. The molecule has 0 aliphatic carbocycles. The lowest BCUT2D eigenvalue weighted by Gasteiger charge is -2.13. The van der Waals surface area contributed by atoms with Crippen molar-refractivity contribution in [1.82, 2.24) is 5.32 Å². The summed E-state index contributed by atoms with van der Waals surface area (Å²) < 4.78 is 13.2. The highest BCUT2D eigenvalue weighted by atomic mass is 35.5. The number of thiophene rings is 1. The molecule has 2 aromatic rings. The molecule has 0 saturated carbocycles. The average Bonchev–Trinajstić information content (AvgIpc) is 2.84. The molecule has 0 saturated heterocycles. The van der Waals surface area contributed by atoms with Gasteiger partial charge in [-0.1, -0.05) is 23.7 Å². The molecule has 0 aliphatic heterocycles. The molecule has 90 valence electrons. The van der Waals surface area contributed by atoms with Crippen LogP contribution in [0.2, 0.25) is 5.02 Å². The maximum Gasteiger partial charge on any atom is 0.142 e. The third-order valence-electron chi connectivity index (χ3n) is 2.67. The van der Waals surface area contributed by atoms with Gasteiger partial charge in [-0.05, 0) is 40.9 Å². The Morgan fingerprint density at radius 3 is 2.94 bits per heavy atom. The highest BCUT2D eigenvalue weighted by Crippen LogP contribution is 2.21. The van der Waals surface area contributed by atoms with Crippen LogP contribution >= 0.6 is 22.9 Å². The molecule has 2 rings (SSSR count). The highest BCUT2D eigenvalue weighted by Gasteiger charge is 2.08. The van der Waals surface area contributed by atoms with Gasteiger partial charge in [0.1, 0.15) is 5.82 Å². The molecule has 1 aromatic heterocycles. The van der Waals surface area contributed by atoms with Gasteiger partial charge in [-0.3, -0.25) is 0 Å². The zero-order valence-electron chi connectivity index (χ0n) is 9.41. The van der Waals surface area contributed by atoms with E-state index in [1.807, 2.05) is 11.4 Å². The number of hydrogen-bond acceptors (Lipinski definition) is 2. The Balaban J connectivity index is 2.00. The van der Waals surface area contributed by atoms with E-state index in [9.17, 15) is 4.39 Å². The van der Waals surface area contributed by atoms with Crippen molar-refractivity contribution < 1.29 is 4.39 Å². The van der Waals surface area contributed by atoms with Gasteiger partial charge in [-0.25, -0.2) is 4.39 Å². The first-order valence-corrected chi connectivity index (χ1v) is 6.69. The molecule has 17 heavy (non-hydrogen) atoms. The summed E-state index contributed by atoms with van der Waals surface area (Å²) >= 11 is 7.56. The average molecular weight is 270 g/mol. The molecule has 0 radical (unpaired) electrons. The molecule has 1 atom stereocenters. The number of halogens is 2. The molecule has 4 heteroatoms. The first-order chi connectivity index (χ1) is 8.18. The van der Waals surface area contributed by atoms with E-state index < -0.39 is 0 Å². The van der Waals surface area contributed by atoms with E-state index in [2.05, 4.69) is 23.7 Å². The van der Waals surface area contributed by atoms with Crippen molar-refractivity contribution in [3.05, 3.63) is 57.0 Å². The second-order valence-corrected chi connectivity index (χ2v) is 5.03. The lowest BCUT2D eigenvalue weighted by molar-refractivity contribution is 0.571. The van der Waals surface area contributed by atoms with Gasteiger partial charge in [-0.2, -0.15) is 11.3 Å². The number of hydrogen-bond donors (Lipinski definition) is 1. The Bertz CT molecular complexity index is 484.